The molecule has 1 unspecified atom stereocenters. The summed E-state index contributed by atoms with van der Waals surface area (Å²) in [5.74, 6) is 0.127. The first kappa shape index (κ1) is 9.96. The van der Waals surface area contributed by atoms with Crippen LogP contribution in [0.1, 0.15) is 33.1 Å². The van der Waals surface area contributed by atoms with Crippen molar-refractivity contribution in [3.63, 3.8) is 0 Å². The maximum absolute atomic E-state index is 11.1. The molecule has 3 nitrogen and oxygen atoms in total. The van der Waals surface area contributed by atoms with E-state index in [0.29, 0.717) is 17.9 Å². The highest BCUT2D eigenvalue weighted by Gasteiger charge is 2.20. The van der Waals surface area contributed by atoms with Gasteiger partial charge >= 0.3 is 0 Å². The third kappa shape index (κ3) is 2.68. The SMILES string of the molecule is CCC(C)CCC1=CC(=O)NC1=O. The largest absolute Gasteiger partial charge is 0.289 e. The Bertz CT molecular complexity index is 256. The Morgan fingerprint density at radius 3 is 2.62 bits per heavy atom. The van der Waals surface area contributed by atoms with Crippen LogP contribution in [0.4, 0.5) is 0 Å². The molecule has 0 aromatic rings. The molecule has 1 heterocycles. The van der Waals surface area contributed by atoms with Gasteiger partial charge in [0.2, 0.25) is 0 Å². The quantitative estimate of drug-likeness (QED) is 0.666. The Hall–Kier alpha value is -1.12. The first-order valence-electron chi connectivity index (χ1n) is 4.69. The van der Waals surface area contributed by atoms with Gasteiger partial charge in [-0.2, -0.15) is 0 Å². The number of imide groups is 1. The molecular formula is C10H15NO2. The van der Waals surface area contributed by atoms with Crippen molar-refractivity contribution in [1.82, 2.24) is 5.32 Å². The molecule has 2 amide bonds. The molecule has 0 aromatic carbocycles. The van der Waals surface area contributed by atoms with Gasteiger partial charge in [-0.1, -0.05) is 20.3 Å². The van der Waals surface area contributed by atoms with Gasteiger partial charge in [-0.05, 0) is 18.8 Å². The van der Waals surface area contributed by atoms with Crippen LogP contribution in [0.15, 0.2) is 11.6 Å². The van der Waals surface area contributed by atoms with E-state index < -0.39 is 0 Å². The van der Waals surface area contributed by atoms with Crippen LogP contribution in [0.5, 0.6) is 0 Å². The fourth-order valence-electron chi connectivity index (χ4n) is 1.24. The summed E-state index contributed by atoms with van der Waals surface area (Å²) >= 11 is 0. The lowest BCUT2D eigenvalue weighted by Gasteiger charge is -2.06. The number of amides is 2. The molecule has 0 aromatic heterocycles. The van der Waals surface area contributed by atoms with Crippen LogP contribution < -0.4 is 5.32 Å². The summed E-state index contributed by atoms with van der Waals surface area (Å²) in [6.07, 6.45) is 4.21. The van der Waals surface area contributed by atoms with Crippen LogP contribution in [-0.4, -0.2) is 11.8 Å². The van der Waals surface area contributed by atoms with Gasteiger partial charge in [0.05, 0.1) is 0 Å². The van der Waals surface area contributed by atoms with Crippen LogP contribution in [0.25, 0.3) is 0 Å². The van der Waals surface area contributed by atoms with Gasteiger partial charge in [-0.3, -0.25) is 14.9 Å². The molecule has 0 aliphatic carbocycles. The molecular weight excluding hydrogens is 166 g/mol. The number of carbonyl (C=O) groups is 2. The van der Waals surface area contributed by atoms with Crippen molar-refractivity contribution >= 4 is 11.8 Å². The summed E-state index contributed by atoms with van der Waals surface area (Å²) < 4.78 is 0. The second-order valence-electron chi connectivity index (χ2n) is 3.54. The fraction of sp³-hybridized carbons (Fsp3) is 0.600. The van der Waals surface area contributed by atoms with Crippen molar-refractivity contribution in [3.05, 3.63) is 11.6 Å². The number of rotatable bonds is 4. The normalized spacial score (nSPS) is 18.5. The summed E-state index contributed by atoms with van der Waals surface area (Å²) in [5.41, 5.74) is 0.630. The molecule has 3 heteroatoms. The molecule has 0 spiro atoms. The van der Waals surface area contributed by atoms with Crippen LogP contribution in [0.3, 0.4) is 0 Å². The maximum Gasteiger partial charge on any atom is 0.254 e. The Balaban J connectivity index is 2.41. The predicted molar refractivity (Wildman–Crippen MR) is 49.9 cm³/mol. The molecule has 72 valence electrons. The van der Waals surface area contributed by atoms with Crippen LogP contribution >= 0.6 is 0 Å². The highest BCUT2D eigenvalue weighted by atomic mass is 16.2. The van der Waals surface area contributed by atoms with Crippen LogP contribution in [0, 0.1) is 5.92 Å². The molecule has 0 saturated heterocycles. The van der Waals surface area contributed by atoms with Gasteiger partial charge < -0.3 is 0 Å². The fourth-order valence-corrected chi connectivity index (χ4v) is 1.24. The van der Waals surface area contributed by atoms with Crippen molar-refractivity contribution in [1.29, 1.82) is 0 Å². The molecule has 1 atom stereocenters. The molecule has 1 rings (SSSR count). The van der Waals surface area contributed by atoms with E-state index in [-0.39, 0.29) is 11.8 Å². The molecule has 0 fully saturated rings. The zero-order valence-corrected chi connectivity index (χ0v) is 8.09. The molecule has 1 aliphatic rings. The summed E-state index contributed by atoms with van der Waals surface area (Å²) in [5, 5.41) is 2.24. The van der Waals surface area contributed by atoms with Crippen LogP contribution in [0.2, 0.25) is 0 Å². The Kier molecular flexibility index (Phi) is 3.23. The van der Waals surface area contributed by atoms with Gasteiger partial charge in [0.15, 0.2) is 0 Å². The third-order valence-corrected chi connectivity index (χ3v) is 2.44. The molecule has 1 aliphatic heterocycles. The van der Waals surface area contributed by atoms with Gasteiger partial charge in [0.25, 0.3) is 11.8 Å². The molecule has 1 N–H and O–H groups in total. The molecule has 0 radical (unpaired) electrons. The van der Waals surface area contributed by atoms with Crippen molar-refractivity contribution in [2.24, 2.45) is 5.92 Å². The Labute approximate surface area is 78.2 Å². The third-order valence-electron chi connectivity index (χ3n) is 2.44. The average Bonchev–Trinajstić information content (AvgIpc) is 2.41. The monoisotopic (exact) mass is 181 g/mol. The van der Waals surface area contributed by atoms with Crippen molar-refractivity contribution < 1.29 is 9.59 Å². The lowest BCUT2D eigenvalue weighted by molar-refractivity contribution is -0.123. The summed E-state index contributed by atoms with van der Waals surface area (Å²) in [6, 6.07) is 0. The first-order chi connectivity index (χ1) is 6.13. The van der Waals surface area contributed by atoms with Crippen molar-refractivity contribution in [2.45, 2.75) is 33.1 Å². The second-order valence-corrected chi connectivity index (χ2v) is 3.54. The highest BCUT2D eigenvalue weighted by Crippen LogP contribution is 2.16. The lowest BCUT2D eigenvalue weighted by atomic mass is 9.99. The van der Waals surface area contributed by atoms with E-state index in [1.165, 1.54) is 6.08 Å². The summed E-state index contributed by atoms with van der Waals surface area (Å²) in [7, 11) is 0. The number of nitrogens with one attached hydrogen (secondary N) is 1. The van der Waals surface area contributed by atoms with E-state index in [1.807, 2.05) is 0 Å². The molecule has 0 saturated carbocycles. The van der Waals surface area contributed by atoms with E-state index in [0.717, 1.165) is 12.8 Å². The smallest absolute Gasteiger partial charge is 0.254 e. The van der Waals surface area contributed by atoms with Gasteiger partial charge in [0.1, 0.15) is 0 Å². The van der Waals surface area contributed by atoms with Gasteiger partial charge in [-0.25, -0.2) is 0 Å². The number of hydrogen-bond donors (Lipinski definition) is 1. The summed E-state index contributed by atoms with van der Waals surface area (Å²) in [4.78, 5) is 21.9. The summed E-state index contributed by atoms with van der Waals surface area (Å²) in [6.45, 7) is 4.27. The number of hydrogen-bond acceptors (Lipinski definition) is 2. The molecule has 13 heavy (non-hydrogen) atoms. The van der Waals surface area contributed by atoms with Gasteiger partial charge in [0, 0.05) is 11.6 Å². The minimum atomic E-state index is -0.274. The van der Waals surface area contributed by atoms with Gasteiger partial charge in [-0.15, -0.1) is 0 Å². The van der Waals surface area contributed by atoms with Crippen molar-refractivity contribution in [3.8, 4) is 0 Å². The van der Waals surface area contributed by atoms with E-state index in [2.05, 4.69) is 19.2 Å². The lowest BCUT2D eigenvalue weighted by Crippen LogP contribution is -2.22. The first-order valence-corrected chi connectivity index (χ1v) is 4.69. The van der Waals surface area contributed by atoms with E-state index in [4.69, 9.17) is 0 Å². The number of carbonyl (C=O) groups excluding carboxylic acids is 2. The van der Waals surface area contributed by atoms with E-state index in [1.54, 1.807) is 0 Å². The van der Waals surface area contributed by atoms with Crippen molar-refractivity contribution in [2.75, 3.05) is 0 Å². The zero-order chi connectivity index (χ0) is 9.84. The zero-order valence-electron chi connectivity index (χ0n) is 8.09. The second kappa shape index (κ2) is 4.21. The topological polar surface area (TPSA) is 46.2 Å². The maximum atomic E-state index is 11.1. The minimum Gasteiger partial charge on any atom is -0.289 e. The Morgan fingerprint density at radius 2 is 2.15 bits per heavy atom. The highest BCUT2D eigenvalue weighted by molar-refractivity contribution is 6.16. The predicted octanol–water partition coefficient (Wildman–Crippen LogP) is 1.40. The standard InChI is InChI=1S/C10H15NO2/c1-3-7(2)4-5-8-6-9(12)11-10(8)13/h6-7H,3-5H2,1-2H3,(H,11,12,13). The van der Waals surface area contributed by atoms with Crippen LogP contribution in [-0.2, 0) is 9.59 Å². The molecule has 0 bridgehead atoms. The average molecular weight is 181 g/mol. The van der Waals surface area contributed by atoms with E-state index in [9.17, 15) is 9.59 Å². The van der Waals surface area contributed by atoms with E-state index >= 15 is 0 Å². The minimum absolute atomic E-state index is 0.215. The Morgan fingerprint density at radius 1 is 1.46 bits per heavy atom.